The van der Waals surface area contributed by atoms with Crippen molar-refractivity contribution >= 4 is 27.5 Å². The fourth-order valence-electron chi connectivity index (χ4n) is 0.899. The smallest absolute Gasteiger partial charge is 0.301 e. The molecular formula is C10H8BrNO2. The minimum Gasteiger partial charge on any atom is -0.392 e. The highest BCUT2D eigenvalue weighted by atomic mass is 79.9. The zero-order valence-electron chi connectivity index (χ0n) is 7.25. The minimum atomic E-state index is -0.376. The molecule has 14 heavy (non-hydrogen) atoms. The lowest BCUT2D eigenvalue weighted by Gasteiger charge is -2.01. The van der Waals surface area contributed by atoms with Gasteiger partial charge in [0.15, 0.2) is 0 Å². The molecule has 0 aliphatic carbocycles. The molecule has 0 aliphatic heterocycles. The highest BCUT2D eigenvalue weighted by Crippen LogP contribution is 2.08. The second kappa shape index (κ2) is 5.43. The molecule has 0 aromatic heterocycles. The van der Waals surface area contributed by atoms with Crippen LogP contribution in [0.25, 0.3) is 0 Å². The first-order valence-electron chi connectivity index (χ1n) is 3.88. The average Bonchev–Trinajstić information content (AvgIpc) is 2.19. The number of halogens is 1. The third-order valence-electron chi connectivity index (χ3n) is 1.56. The van der Waals surface area contributed by atoms with Gasteiger partial charge in [-0.15, -0.1) is 0 Å². The summed E-state index contributed by atoms with van der Waals surface area (Å²) in [5.41, 5.74) is 1.46. The molecule has 1 aromatic rings. The van der Waals surface area contributed by atoms with Crippen molar-refractivity contribution in [3.8, 4) is 10.8 Å². The van der Waals surface area contributed by atoms with E-state index in [4.69, 9.17) is 5.11 Å². The van der Waals surface area contributed by atoms with Gasteiger partial charge in [0.1, 0.15) is 0 Å². The van der Waals surface area contributed by atoms with Gasteiger partial charge >= 0.3 is 5.91 Å². The van der Waals surface area contributed by atoms with Crippen LogP contribution in [-0.2, 0) is 11.4 Å². The van der Waals surface area contributed by atoms with E-state index < -0.39 is 0 Å². The van der Waals surface area contributed by atoms with E-state index >= 15 is 0 Å². The maximum absolute atomic E-state index is 11.0. The molecule has 0 bridgehead atoms. The molecule has 1 aromatic carbocycles. The maximum atomic E-state index is 11.0. The molecule has 72 valence electrons. The summed E-state index contributed by atoms with van der Waals surface area (Å²) in [7, 11) is 0. The van der Waals surface area contributed by atoms with Crippen molar-refractivity contribution < 1.29 is 9.90 Å². The van der Waals surface area contributed by atoms with Crippen LogP contribution in [0.5, 0.6) is 0 Å². The highest BCUT2D eigenvalue weighted by Gasteiger charge is 1.97. The van der Waals surface area contributed by atoms with E-state index in [0.29, 0.717) is 5.69 Å². The van der Waals surface area contributed by atoms with Gasteiger partial charge in [-0.3, -0.25) is 4.79 Å². The fraction of sp³-hybridized carbons (Fsp3) is 0.100. The number of carbonyl (C=O) groups is 1. The van der Waals surface area contributed by atoms with E-state index in [9.17, 15) is 4.79 Å². The highest BCUT2D eigenvalue weighted by molar-refractivity contribution is 9.12. The van der Waals surface area contributed by atoms with Crippen molar-refractivity contribution in [3.63, 3.8) is 0 Å². The van der Waals surface area contributed by atoms with Gasteiger partial charge in [-0.25, -0.2) is 0 Å². The number of hydrogen-bond acceptors (Lipinski definition) is 2. The number of amides is 1. The third-order valence-corrected chi connectivity index (χ3v) is 1.75. The second-order valence-corrected chi connectivity index (χ2v) is 2.93. The summed E-state index contributed by atoms with van der Waals surface area (Å²) in [6.07, 6.45) is 0. The first-order valence-corrected chi connectivity index (χ1v) is 4.68. The van der Waals surface area contributed by atoms with Gasteiger partial charge in [-0.2, -0.15) is 0 Å². The zero-order chi connectivity index (χ0) is 10.4. The lowest BCUT2D eigenvalue weighted by Crippen LogP contribution is -2.07. The average molecular weight is 254 g/mol. The van der Waals surface area contributed by atoms with Crippen LogP contribution in [0.3, 0.4) is 0 Å². The van der Waals surface area contributed by atoms with E-state index in [1.54, 1.807) is 24.3 Å². The standard InChI is InChI=1S/C10H8BrNO2/c11-6-5-10(14)12-9-3-1-8(7-13)2-4-9/h1-4,13H,7H2,(H,12,14). The van der Waals surface area contributed by atoms with Crippen molar-refractivity contribution in [1.29, 1.82) is 0 Å². The molecular weight excluding hydrogens is 246 g/mol. The molecule has 0 spiro atoms. The molecule has 2 N–H and O–H groups in total. The van der Waals surface area contributed by atoms with Gasteiger partial charge in [0.2, 0.25) is 0 Å². The molecule has 0 heterocycles. The van der Waals surface area contributed by atoms with E-state index in [0.717, 1.165) is 5.56 Å². The molecule has 1 amide bonds. The van der Waals surface area contributed by atoms with Gasteiger partial charge in [0, 0.05) is 27.5 Å². The predicted octanol–water partition coefficient (Wildman–Crippen LogP) is 1.47. The van der Waals surface area contributed by atoms with Gasteiger partial charge in [0.05, 0.1) is 6.61 Å². The minimum absolute atomic E-state index is 0.00453. The topological polar surface area (TPSA) is 49.3 Å². The SMILES string of the molecule is O=C(C#CBr)Nc1ccc(CO)cc1. The number of rotatable bonds is 2. The summed E-state index contributed by atoms with van der Waals surface area (Å²) >= 11 is 2.83. The molecule has 0 saturated heterocycles. The van der Waals surface area contributed by atoms with Crippen LogP contribution in [0.15, 0.2) is 24.3 Å². The van der Waals surface area contributed by atoms with Crippen LogP contribution in [0.1, 0.15) is 5.56 Å². The van der Waals surface area contributed by atoms with Crippen LogP contribution < -0.4 is 5.32 Å². The second-order valence-electron chi connectivity index (χ2n) is 2.53. The summed E-state index contributed by atoms with van der Waals surface area (Å²) in [6.45, 7) is -0.00453. The Morgan fingerprint density at radius 2 is 2.07 bits per heavy atom. The normalized spacial score (nSPS) is 8.71. The van der Waals surface area contributed by atoms with Crippen molar-refractivity contribution in [2.24, 2.45) is 0 Å². The van der Waals surface area contributed by atoms with E-state index in [1.165, 1.54) is 0 Å². The molecule has 0 aliphatic rings. The molecule has 0 fully saturated rings. The molecule has 4 heteroatoms. The maximum Gasteiger partial charge on any atom is 0.301 e. The zero-order valence-corrected chi connectivity index (χ0v) is 8.84. The van der Waals surface area contributed by atoms with Gasteiger partial charge in [-0.05, 0) is 22.5 Å². The fourth-order valence-corrected chi connectivity index (χ4v) is 1.08. The van der Waals surface area contributed by atoms with Crippen molar-refractivity contribution in [2.45, 2.75) is 6.61 Å². The Kier molecular flexibility index (Phi) is 4.17. The Morgan fingerprint density at radius 1 is 1.43 bits per heavy atom. The predicted molar refractivity (Wildman–Crippen MR) is 57.7 cm³/mol. The molecule has 0 atom stereocenters. The van der Waals surface area contributed by atoms with E-state index in [2.05, 4.69) is 32.0 Å². The van der Waals surface area contributed by atoms with E-state index in [1.807, 2.05) is 0 Å². The van der Waals surface area contributed by atoms with Crippen LogP contribution in [0.4, 0.5) is 5.69 Å². The molecule has 0 saturated carbocycles. The van der Waals surface area contributed by atoms with Gasteiger partial charge < -0.3 is 10.4 Å². The number of carbonyl (C=O) groups excluding carboxylic acids is 1. The van der Waals surface area contributed by atoms with Crippen LogP contribution in [-0.4, -0.2) is 11.0 Å². The Morgan fingerprint density at radius 3 is 2.57 bits per heavy atom. The lowest BCUT2D eigenvalue weighted by atomic mass is 10.2. The summed E-state index contributed by atoms with van der Waals surface area (Å²) in [6, 6.07) is 6.88. The molecule has 3 nitrogen and oxygen atoms in total. The van der Waals surface area contributed by atoms with Gasteiger partial charge in [-0.1, -0.05) is 12.1 Å². The first kappa shape index (κ1) is 10.8. The number of nitrogens with one attached hydrogen (secondary N) is 1. The summed E-state index contributed by atoms with van der Waals surface area (Å²) in [5.74, 6) is 1.91. The number of anilines is 1. The van der Waals surface area contributed by atoms with Crippen LogP contribution in [0, 0.1) is 10.8 Å². The number of benzene rings is 1. The summed E-state index contributed by atoms with van der Waals surface area (Å²) in [5, 5.41) is 11.3. The van der Waals surface area contributed by atoms with E-state index in [-0.39, 0.29) is 12.5 Å². The van der Waals surface area contributed by atoms with Gasteiger partial charge in [0.25, 0.3) is 0 Å². The molecule has 1 rings (SSSR count). The first-order chi connectivity index (χ1) is 6.76. The number of hydrogen-bond donors (Lipinski definition) is 2. The Labute approximate surface area is 90.3 Å². The van der Waals surface area contributed by atoms with Crippen molar-refractivity contribution in [2.75, 3.05) is 5.32 Å². The van der Waals surface area contributed by atoms with Crippen molar-refractivity contribution in [3.05, 3.63) is 29.8 Å². The Balaban J connectivity index is 2.67. The number of aliphatic hydroxyl groups is 1. The Hall–Kier alpha value is -1.31. The monoisotopic (exact) mass is 253 g/mol. The summed E-state index contributed by atoms with van der Waals surface area (Å²) in [4.78, 5) is 13.3. The Bertz CT molecular complexity index is 375. The molecule has 0 unspecified atom stereocenters. The number of aliphatic hydroxyl groups excluding tert-OH is 1. The van der Waals surface area contributed by atoms with Crippen LogP contribution >= 0.6 is 15.9 Å². The van der Waals surface area contributed by atoms with Crippen LogP contribution in [0.2, 0.25) is 0 Å². The lowest BCUT2D eigenvalue weighted by molar-refractivity contribution is -0.111. The largest absolute Gasteiger partial charge is 0.392 e. The quantitative estimate of drug-likeness (QED) is 0.785. The summed E-state index contributed by atoms with van der Waals surface area (Å²) < 4.78 is 0. The molecule has 0 radical (unpaired) electrons. The third kappa shape index (κ3) is 3.21. The van der Waals surface area contributed by atoms with Crippen molar-refractivity contribution in [1.82, 2.24) is 0 Å².